The van der Waals surface area contributed by atoms with E-state index in [1.807, 2.05) is 30.3 Å². The fourth-order valence-electron chi connectivity index (χ4n) is 2.17. The van der Waals surface area contributed by atoms with Gasteiger partial charge in [0.2, 0.25) is 0 Å². The number of hydrogen-bond acceptors (Lipinski definition) is 4. The molecular formula is C14H15N3O2. The largest absolute Gasteiger partial charge is 0.460 e. The minimum absolute atomic E-state index is 0.225. The van der Waals surface area contributed by atoms with E-state index in [2.05, 4.69) is 15.3 Å². The van der Waals surface area contributed by atoms with Crippen LogP contribution in [0.25, 0.3) is 0 Å². The van der Waals surface area contributed by atoms with Crippen LogP contribution in [0.4, 0.5) is 0 Å². The van der Waals surface area contributed by atoms with Crippen molar-refractivity contribution in [3.8, 4) is 0 Å². The molecule has 1 aromatic heterocycles. The van der Waals surface area contributed by atoms with E-state index in [1.165, 1.54) is 0 Å². The number of hydrogen-bond donors (Lipinski definition) is 2. The molecule has 0 amide bonds. The standard InChI is InChI=1S/C14H15N3O2/c18-14(19-8-10-4-2-1-3-5-10)12-6-11-13(7-15-12)17-9-16-11/h1-5,9,12,15H,6-8H2,(H,16,17). The van der Waals surface area contributed by atoms with Crippen molar-refractivity contribution in [2.75, 3.05) is 0 Å². The second-order valence-corrected chi connectivity index (χ2v) is 4.56. The van der Waals surface area contributed by atoms with Gasteiger partial charge in [-0.1, -0.05) is 30.3 Å². The van der Waals surface area contributed by atoms with Gasteiger partial charge >= 0.3 is 5.97 Å². The summed E-state index contributed by atoms with van der Waals surface area (Å²) < 4.78 is 5.32. The highest BCUT2D eigenvalue weighted by Gasteiger charge is 2.26. The number of ether oxygens (including phenoxy) is 1. The highest BCUT2D eigenvalue weighted by Crippen LogP contribution is 2.13. The summed E-state index contributed by atoms with van der Waals surface area (Å²) in [7, 11) is 0. The Morgan fingerprint density at radius 3 is 3.05 bits per heavy atom. The normalized spacial score (nSPS) is 17.8. The average molecular weight is 257 g/mol. The third-order valence-corrected chi connectivity index (χ3v) is 3.24. The molecule has 98 valence electrons. The molecule has 0 saturated carbocycles. The molecule has 19 heavy (non-hydrogen) atoms. The second-order valence-electron chi connectivity index (χ2n) is 4.56. The van der Waals surface area contributed by atoms with Gasteiger partial charge in [-0.15, -0.1) is 0 Å². The first-order valence-corrected chi connectivity index (χ1v) is 6.28. The van der Waals surface area contributed by atoms with Crippen LogP contribution in [0.1, 0.15) is 17.0 Å². The van der Waals surface area contributed by atoms with Crippen molar-refractivity contribution < 1.29 is 9.53 Å². The molecule has 2 N–H and O–H groups in total. The number of nitrogens with zero attached hydrogens (tertiary/aromatic N) is 1. The zero-order valence-electron chi connectivity index (χ0n) is 10.4. The number of carbonyl (C=O) groups is 1. The maximum Gasteiger partial charge on any atom is 0.323 e. The highest BCUT2D eigenvalue weighted by atomic mass is 16.5. The number of esters is 1. The number of nitrogens with one attached hydrogen (secondary N) is 2. The summed E-state index contributed by atoms with van der Waals surface area (Å²) in [5.74, 6) is -0.225. The quantitative estimate of drug-likeness (QED) is 0.810. The first kappa shape index (κ1) is 11.9. The number of benzene rings is 1. The maximum atomic E-state index is 12.0. The Hall–Kier alpha value is -2.14. The number of imidazole rings is 1. The summed E-state index contributed by atoms with van der Waals surface area (Å²) in [4.78, 5) is 19.2. The second kappa shape index (κ2) is 5.24. The van der Waals surface area contributed by atoms with Crippen molar-refractivity contribution in [1.82, 2.24) is 15.3 Å². The van der Waals surface area contributed by atoms with Crippen LogP contribution in [-0.4, -0.2) is 22.0 Å². The fraction of sp³-hybridized carbons (Fsp3) is 0.286. The molecule has 3 rings (SSSR count). The molecule has 1 unspecified atom stereocenters. The van der Waals surface area contributed by atoms with Crippen molar-refractivity contribution in [2.24, 2.45) is 0 Å². The Morgan fingerprint density at radius 1 is 1.37 bits per heavy atom. The first-order valence-electron chi connectivity index (χ1n) is 6.28. The van der Waals surface area contributed by atoms with E-state index >= 15 is 0 Å². The van der Waals surface area contributed by atoms with E-state index in [-0.39, 0.29) is 12.0 Å². The van der Waals surface area contributed by atoms with Gasteiger partial charge in [0.15, 0.2) is 0 Å². The zero-order valence-corrected chi connectivity index (χ0v) is 10.4. The van der Waals surface area contributed by atoms with Crippen LogP contribution in [0.5, 0.6) is 0 Å². The molecule has 0 fully saturated rings. The van der Waals surface area contributed by atoms with Gasteiger partial charge in [0.25, 0.3) is 0 Å². The molecule has 1 aliphatic heterocycles. The molecule has 0 aliphatic carbocycles. The number of aromatic amines is 1. The van der Waals surface area contributed by atoms with Crippen LogP contribution in [-0.2, 0) is 29.1 Å². The van der Waals surface area contributed by atoms with Crippen LogP contribution in [0, 0.1) is 0 Å². The van der Waals surface area contributed by atoms with Crippen molar-refractivity contribution in [1.29, 1.82) is 0 Å². The number of carbonyl (C=O) groups excluding carboxylic acids is 1. The van der Waals surface area contributed by atoms with Crippen molar-refractivity contribution in [2.45, 2.75) is 25.6 Å². The molecule has 1 aromatic carbocycles. The Morgan fingerprint density at radius 2 is 2.21 bits per heavy atom. The lowest BCUT2D eigenvalue weighted by Crippen LogP contribution is -2.42. The van der Waals surface area contributed by atoms with Crippen LogP contribution in [0.15, 0.2) is 36.7 Å². The molecule has 2 heterocycles. The van der Waals surface area contributed by atoms with Gasteiger partial charge in [-0.2, -0.15) is 0 Å². The summed E-state index contributed by atoms with van der Waals surface area (Å²) in [6.45, 7) is 0.936. The monoisotopic (exact) mass is 257 g/mol. The molecular weight excluding hydrogens is 242 g/mol. The van der Waals surface area contributed by atoms with Gasteiger partial charge in [-0.3, -0.25) is 10.1 Å². The van der Waals surface area contributed by atoms with Crippen LogP contribution >= 0.6 is 0 Å². The van der Waals surface area contributed by atoms with Gasteiger partial charge in [0.05, 0.1) is 17.7 Å². The van der Waals surface area contributed by atoms with E-state index in [0.717, 1.165) is 17.0 Å². The lowest BCUT2D eigenvalue weighted by atomic mass is 10.1. The van der Waals surface area contributed by atoms with Crippen molar-refractivity contribution in [3.63, 3.8) is 0 Å². The molecule has 5 nitrogen and oxygen atoms in total. The zero-order chi connectivity index (χ0) is 13.1. The van der Waals surface area contributed by atoms with Gasteiger partial charge in [-0.25, -0.2) is 4.98 Å². The summed E-state index contributed by atoms with van der Waals surface area (Å²) >= 11 is 0. The first-order chi connectivity index (χ1) is 9.33. The van der Waals surface area contributed by atoms with Gasteiger partial charge in [0, 0.05) is 13.0 Å². The Labute approximate surface area is 111 Å². The predicted molar refractivity (Wildman–Crippen MR) is 69.2 cm³/mol. The number of fused-ring (bicyclic) bond motifs is 1. The highest BCUT2D eigenvalue weighted by molar-refractivity contribution is 5.76. The summed E-state index contributed by atoms with van der Waals surface area (Å²) in [5.41, 5.74) is 2.99. The smallest absolute Gasteiger partial charge is 0.323 e. The molecule has 5 heteroatoms. The molecule has 2 aromatic rings. The van der Waals surface area contributed by atoms with Crippen molar-refractivity contribution in [3.05, 3.63) is 53.6 Å². The third-order valence-electron chi connectivity index (χ3n) is 3.24. The van der Waals surface area contributed by atoms with Gasteiger partial charge < -0.3 is 9.72 Å². The van der Waals surface area contributed by atoms with E-state index in [4.69, 9.17) is 4.74 Å². The molecule has 0 spiro atoms. The Balaban J connectivity index is 1.57. The van der Waals surface area contributed by atoms with Crippen LogP contribution in [0.3, 0.4) is 0 Å². The Kier molecular flexibility index (Phi) is 3.29. The maximum absolute atomic E-state index is 12.0. The fourth-order valence-corrected chi connectivity index (χ4v) is 2.17. The average Bonchev–Trinajstić information content (AvgIpc) is 2.93. The van der Waals surface area contributed by atoms with E-state index in [1.54, 1.807) is 6.33 Å². The van der Waals surface area contributed by atoms with Gasteiger partial charge in [-0.05, 0) is 5.56 Å². The van der Waals surface area contributed by atoms with Crippen molar-refractivity contribution >= 4 is 5.97 Å². The van der Waals surface area contributed by atoms with E-state index in [9.17, 15) is 4.79 Å². The summed E-state index contributed by atoms with van der Waals surface area (Å²) in [6, 6.07) is 9.36. The van der Waals surface area contributed by atoms with Crippen LogP contribution < -0.4 is 5.32 Å². The van der Waals surface area contributed by atoms with Gasteiger partial charge in [0.1, 0.15) is 12.6 Å². The topological polar surface area (TPSA) is 67.0 Å². The number of aromatic nitrogens is 2. The molecule has 1 atom stereocenters. The lowest BCUT2D eigenvalue weighted by Gasteiger charge is -2.21. The number of rotatable bonds is 3. The molecule has 1 aliphatic rings. The molecule has 0 saturated heterocycles. The number of H-pyrrole nitrogens is 1. The summed E-state index contributed by atoms with van der Waals surface area (Å²) in [6.07, 6.45) is 2.23. The Bertz CT molecular complexity index is 565. The van der Waals surface area contributed by atoms with E-state index < -0.39 is 0 Å². The van der Waals surface area contributed by atoms with Crippen LogP contribution in [0.2, 0.25) is 0 Å². The minimum Gasteiger partial charge on any atom is -0.460 e. The molecule has 0 bridgehead atoms. The lowest BCUT2D eigenvalue weighted by molar-refractivity contribution is -0.147. The minimum atomic E-state index is -0.306. The predicted octanol–water partition coefficient (Wildman–Crippen LogP) is 1.17. The van der Waals surface area contributed by atoms with E-state index in [0.29, 0.717) is 19.6 Å². The summed E-state index contributed by atoms with van der Waals surface area (Å²) in [5, 5.41) is 3.15. The third kappa shape index (κ3) is 2.66. The molecule has 0 radical (unpaired) electrons. The SMILES string of the molecule is O=C(OCc1ccccc1)C1Cc2nc[nH]c2CN1.